The van der Waals surface area contributed by atoms with E-state index in [1.165, 1.54) is 12.1 Å². The van der Waals surface area contributed by atoms with Crippen LogP contribution in [0, 0.1) is 19.7 Å². The first-order valence-corrected chi connectivity index (χ1v) is 5.96. The SMILES string of the molecule is CCNc1cc(-c2ccc(F)cc2C)nc(C)n1. The van der Waals surface area contributed by atoms with Gasteiger partial charge in [-0.1, -0.05) is 0 Å². The highest BCUT2D eigenvalue weighted by atomic mass is 19.1. The van der Waals surface area contributed by atoms with Crippen molar-refractivity contribution in [1.82, 2.24) is 9.97 Å². The third-order valence-corrected chi connectivity index (χ3v) is 2.66. The molecule has 0 atom stereocenters. The number of hydrogen-bond acceptors (Lipinski definition) is 3. The summed E-state index contributed by atoms with van der Waals surface area (Å²) in [5, 5.41) is 3.16. The minimum Gasteiger partial charge on any atom is -0.370 e. The molecule has 4 heteroatoms. The highest BCUT2D eigenvalue weighted by Gasteiger charge is 2.07. The fraction of sp³-hybridized carbons (Fsp3) is 0.286. The fourth-order valence-corrected chi connectivity index (χ4v) is 1.89. The van der Waals surface area contributed by atoms with Crippen LogP contribution in [-0.4, -0.2) is 16.5 Å². The van der Waals surface area contributed by atoms with Crippen LogP contribution in [0.3, 0.4) is 0 Å². The number of aromatic nitrogens is 2. The quantitative estimate of drug-likeness (QED) is 0.901. The van der Waals surface area contributed by atoms with E-state index in [1.807, 2.05) is 26.8 Å². The molecule has 0 amide bonds. The highest BCUT2D eigenvalue weighted by molar-refractivity contribution is 5.66. The van der Waals surface area contributed by atoms with Gasteiger partial charge in [0, 0.05) is 18.2 Å². The van der Waals surface area contributed by atoms with Crippen molar-refractivity contribution in [3.8, 4) is 11.3 Å². The molecule has 18 heavy (non-hydrogen) atoms. The second-order valence-electron chi connectivity index (χ2n) is 4.18. The van der Waals surface area contributed by atoms with Gasteiger partial charge in [-0.2, -0.15) is 0 Å². The third kappa shape index (κ3) is 2.64. The van der Waals surface area contributed by atoms with E-state index in [-0.39, 0.29) is 5.82 Å². The summed E-state index contributed by atoms with van der Waals surface area (Å²) in [6.45, 7) is 6.55. The Morgan fingerprint density at radius 1 is 1.17 bits per heavy atom. The van der Waals surface area contributed by atoms with Gasteiger partial charge in [-0.15, -0.1) is 0 Å². The van der Waals surface area contributed by atoms with Crippen molar-refractivity contribution in [3.05, 3.63) is 41.5 Å². The van der Waals surface area contributed by atoms with Gasteiger partial charge in [-0.3, -0.25) is 0 Å². The summed E-state index contributed by atoms with van der Waals surface area (Å²) in [5.74, 6) is 1.27. The van der Waals surface area contributed by atoms with Crippen molar-refractivity contribution in [2.45, 2.75) is 20.8 Å². The Morgan fingerprint density at radius 2 is 1.94 bits per heavy atom. The van der Waals surface area contributed by atoms with Crippen LogP contribution in [-0.2, 0) is 0 Å². The molecule has 0 aliphatic heterocycles. The second kappa shape index (κ2) is 5.12. The zero-order chi connectivity index (χ0) is 13.1. The maximum Gasteiger partial charge on any atom is 0.130 e. The molecule has 0 aliphatic rings. The molecule has 0 aliphatic carbocycles. The zero-order valence-corrected chi connectivity index (χ0v) is 10.8. The van der Waals surface area contributed by atoms with Crippen LogP contribution in [0.25, 0.3) is 11.3 Å². The summed E-state index contributed by atoms with van der Waals surface area (Å²) in [4.78, 5) is 8.70. The van der Waals surface area contributed by atoms with Crippen molar-refractivity contribution >= 4 is 5.82 Å². The molecule has 0 saturated heterocycles. The predicted molar refractivity (Wildman–Crippen MR) is 71.1 cm³/mol. The monoisotopic (exact) mass is 245 g/mol. The summed E-state index contributed by atoms with van der Waals surface area (Å²) in [6.07, 6.45) is 0. The van der Waals surface area contributed by atoms with Gasteiger partial charge in [-0.25, -0.2) is 14.4 Å². The number of rotatable bonds is 3. The number of benzene rings is 1. The lowest BCUT2D eigenvalue weighted by molar-refractivity contribution is 0.627. The van der Waals surface area contributed by atoms with E-state index in [9.17, 15) is 4.39 Å². The Labute approximate surface area is 106 Å². The normalized spacial score (nSPS) is 10.4. The van der Waals surface area contributed by atoms with Crippen LogP contribution in [0.4, 0.5) is 10.2 Å². The lowest BCUT2D eigenvalue weighted by Gasteiger charge is -2.09. The summed E-state index contributed by atoms with van der Waals surface area (Å²) < 4.78 is 13.1. The Hall–Kier alpha value is -1.97. The van der Waals surface area contributed by atoms with E-state index in [1.54, 1.807) is 6.07 Å². The van der Waals surface area contributed by atoms with Gasteiger partial charge in [0.1, 0.15) is 17.5 Å². The molecule has 1 N–H and O–H groups in total. The molecule has 0 saturated carbocycles. The van der Waals surface area contributed by atoms with E-state index < -0.39 is 0 Å². The first-order chi connectivity index (χ1) is 8.60. The Morgan fingerprint density at radius 3 is 2.61 bits per heavy atom. The standard InChI is InChI=1S/C14H16FN3/c1-4-16-14-8-13(17-10(3)18-14)12-6-5-11(15)7-9(12)2/h5-8H,4H2,1-3H3,(H,16,17,18). The molecule has 0 radical (unpaired) electrons. The van der Waals surface area contributed by atoms with E-state index in [2.05, 4.69) is 15.3 Å². The Kier molecular flexibility index (Phi) is 3.55. The topological polar surface area (TPSA) is 37.8 Å². The predicted octanol–water partition coefficient (Wildman–Crippen LogP) is 3.33. The minimum atomic E-state index is -0.228. The van der Waals surface area contributed by atoms with Crippen molar-refractivity contribution in [2.24, 2.45) is 0 Å². The fourth-order valence-electron chi connectivity index (χ4n) is 1.89. The molecule has 0 bridgehead atoms. The minimum absolute atomic E-state index is 0.228. The molecule has 0 fully saturated rings. The van der Waals surface area contributed by atoms with Crippen LogP contribution < -0.4 is 5.32 Å². The zero-order valence-electron chi connectivity index (χ0n) is 10.8. The van der Waals surface area contributed by atoms with Gasteiger partial charge in [0.25, 0.3) is 0 Å². The highest BCUT2D eigenvalue weighted by Crippen LogP contribution is 2.24. The van der Waals surface area contributed by atoms with Crippen LogP contribution in [0.1, 0.15) is 18.3 Å². The molecule has 2 aromatic rings. The van der Waals surface area contributed by atoms with Gasteiger partial charge in [0.15, 0.2) is 0 Å². The molecule has 0 spiro atoms. The van der Waals surface area contributed by atoms with E-state index in [0.717, 1.165) is 29.2 Å². The van der Waals surface area contributed by atoms with E-state index in [4.69, 9.17) is 0 Å². The lowest BCUT2D eigenvalue weighted by Crippen LogP contribution is -2.02. The molecule has 1 aromatic carbocycles. The average molecular weight is 245 g/mol. The first kappa shape index (κ1) is 12.5. The van der Waals surface area contributed by atoms with Crippen LogP contribution >= 0.6 is 0 Å². The molecular formula is C14H16FN3. The van der Waals surface area contributed by atoms with Crippen LogP contribution in [0.5, 0.6) is 0 Å². The van der Waals surface area contributed by atoms with E-state index in [0.29, 0.717) is 5.82 Å². The van der Waals surface area contributed by atoms with Crippen LogP contribution in [0.2, 0.25) is 0 Å². The van der Waals surface area contributed by atoms with E-state index >= 15 is 0 Å². The summed E-state index contributed by atoms with van der Waals surface area (Å²) in [6, 6.07) is 6.60. The molecule has 2 rings (SSSR count). The summed E-state index contributed by atoms with van der Waals surface area (Å²) >= 11 is 0. The van der Waals surface area contributed by atoms with Gasteiger partial charge in [0.05, 0.1) is 5.69 Å². The van der Waals surface area contributed by atoms with Crippen molar-refractivity contribution in [3.63, 3.8) is 0 Å². The Bertz CT molecular complexity index is 567. The van der Waals surface area contributed by atoms with Crippen molar-refractivity contribution in [1.29, 1.82) is 0 Å². The smallest absolute Gasteiger partial charge is 0.130 e. The maximum absolute atomic E-state index is 13.1. The number of anilines is 1. The maximum atomic E-state index is 13.1. The number of nitrogens with one attached hydrogen (secondary N) is 1. The molecule has 0 unspecified atom stereocenters. The third-order valence-electron chi connectivity index (χ3n) is 2.66. The molecule has 1 aromatic heterocycles. The number of hydrogen-bond donors (Lipinski definition) is 1. The van der Waals surface area contributed by atoms with Crippen LogP contribution in [0.15, 0.2) is 24.3 Å². The van der Waals surface area contributed by atoms with Gasteiger partial charge in [-0.05, 0) is 44.5 Å². The summed E-state index contributed by atoms with van der Waals surface area (Å²) in [5.41, 5.74) is 2.62. The number of nitrogens with zero attached hydrogens (tertiary/aromatic N) is 2. The van der Waals surface area contributed by atoms with Gasteiger partial charge >= 0.3 is 0 Å². The number of halogens is 1. The summed E-state index contributed by atoms with van der Waals surface area (Å²) in [7, 11) is 0. The van der Waals surface area contributed by atoms with Gasteiger partial charge < -0.3 is 5.32 Å². The second-order valence-corrected chi connectivity index (χ2v) is 4.18. The van der Waals surface area contributed by atoms with Crippen molar-refractivity contribution in [2.75, 3.05) is 11.9 Å². The largest absolute Gasteiger partial charge is 0.370 e. The molecule has 3 nitrogen and oxygen atoms in total. The average Bonchev–Trinajstić information content (AvgIpc) is 2.28. The van der Waals surface area contributed by atoms with Gasteiger partial charge in [0.2, 0.25) is 0 Å². The number of aryl methyl sites for hydroxylation is 2. The molecule has 1 heterocycles. The molecular weight excluding hydrogens is 229 g/mol. The Balaban J connectivity index is 2.49. The molecule has 94 valence electrons. The van der Waals surface area contributed by atoms with Crippen molar-refractivity contribution < 1.29 is 4.39 Å². The lowest BCUT2D eigenvalue weighted by atomic mass is 10.1. The first-order valence-electron chi connectivity index (χ1n) is 5.96.